The Labute approximate surface area is 323 Å². The first-order chi connectivity index (χ1) is 24.9. The third-order valence-corrected chi connectivity index (χ3v) is 19.6. The summed E-state index contributed by atoms with van der Waals surface area (Å²) in [7, 11) is -3.19. The van der Waals surface area contributed by atoms with Crippen molar-refractivity contribution >= 4 is 15.8 Å². The van der Waals surface area contributed by atoms with E-state index in [1.165, 1.54) is 11.1 Å². The lowest BCUT2D eigenvalue weighted by Gasteiger charge is -2.72. The van der Waals surface area contributed by atoms with E-state index in [-0.39, 0.29) is 70.6 Å². The van der Waals surface area contributed by atoms with Gasteiger partial charge in [0.05, 0.1) is 16.9 Å². The molecule has 7 aliphatic rings. The van der Waals surface area contributed by atoms with Crippen molar-refractivity contribution in [2.45, 2.75) is 143 Å². The first kappa shape index (κ1) is 40.5. The molecular weight excluding hydrogens is 710 g/mol. The number of hydrogen-bond donors (Lipinski definition) is 2. The van der Waals surface area contributed by atoms with Crippen molar-refractivity contribution in [2.24, 2.45) is 56.7 Å². The predicted octanol–water partition coefficient (Wildman–Crippen LogP) is 9.38. The van der Waals surface area contributed by atoms with Gasteiger partial charge in [0.1, 0.15) is 6.04 Å². The minimum atomic E-state index is -4.45. The van der Waals surface area contributed by atoms with Gasteiger partial charge in [0, 0.05) is 25.2 Å². The molecule has 0 radical (unpaired) electrons. The fourth-order valence-electron chi connectivity index (χ4n) is 14.7. The Morgan fingerprint density at radius 2 is 1.61 bits per heavy atom. The van der Waals surface area contributed by atoms with E-state index in [1.54, 1.807) is 4.90 Å². The molecule has 1 saturated heterocycles. The summed E-state index contributed by atoms with van der Waals surface area (Å²) < 4.78 is 69.2. The maximum absolute atomic E-state index is 15.0. The van der Waals surface area contributed by atoms with Gasteiger partial charge in [-0.1, -0.05) is 58.9 Å². The van der Waals surface area contributed by atoms with Gasteiger partial charge in [0.2, 0.25) is 0 Å². The van der Waals surface area contributed by atoms with Crippen LogP contribution in [0.5, 0.6) is 0 Å². The van der Waals surface area contributed by atoms with Crippen LogP contribution in [-0.4, -0.2) is 73.3 Å². The molecule has 5 fully saturated rings. The van der Waals surface area contributed by atoms with Gasteiger partial charge < -0.3 is 5.11 Å². The molecule has 4 saturated carbocycles. The highest BCUT2D eigenvalue weighted by atomic mass is 32.2. The van der Waals surface area contributed by atoms with Gasteiger partial charge in [-0.05, 0) is 153 Å². The molecule has 6 nitrogen and oxygen atoms in total. The van der Waals surface area contributed by atoms with Crippen LogP contribution in [0.4, 0.5) is 13.2 Å². The van der Waals surface area contributed by atoms with Crippen LogP contribution in [0.1, 0.15) is 126 Å². The number of alkyl halides is 3. The van der Waals surface area contributed by atoms with E-state index >= 15 is 13.2 Å². The molecule has 2 N–H and O–H groups in total. The van der Waals surface area contributed by atoms with Crippen LogP contribution in [0, 0.1) is 56.7 Å². The molecule has 11 atom stereocenters. The van der Waals surface area contributed by atoms with Crippen molar-refractivity contribution in [1.82, 2.24) is 10.2 Å². The van der Waals surface area contributed by atoms with Crippen LogP contribution in [-0.2, 0) is 14.6 Å². The van der Waals surface area contributed by atoms with Gasteiger partial charge in [-0.2, -0.15) is 13.2 Å². The number of sulfone groups is 1. The number of rotatable bonds is 7. The molecule has 10 heteroatoms. The summed E-state index contributed by atoms with van der Waals surface area (Å²) in [5.74, 6) is 0.661. The van der Waals surface area contributed by atoms with Gasteiger partial charge >= 0.3 is 12.1 Å². The summed E-state index contributed by atoms with van der Waals surface area (Å²) in [5.41, 5.74) is 2.62. The lowest BCUT2D eigenvalue weighted by atomic mass is 9.33. The molecule has 1 heterocycles. The number of hydrogen-bond acceptors (Lipinski definition) is 5. The third-order valence-electron chi connectivity index (χ3n) is 18.0. The molecule has 0 spiro atoms. The summed E-state index contributed by atoms with van der Waals surface area (Å²) in [6.07, 6.45) is 10.9. The van der Waals surface area contributed by atoms with Crippen LogP contribution in [0.2, 0.25) is 0 Å². The zero-order chi connectivity index (χ0) is 39.5. The van der Waals surface area contributed by atoms with Crippen molar-refractivity contribution in [1.29, 1.82) is 0 Å². The average molecular weight is 777 g/mol. The summed E-state index contributed by atoms with van der Waals surface area (Å²) in [4.78, 5) is 13.7. The highest BCUT2D eigenvalue weighted by Crippen LogP contribution is 2.76. The van der Waals surface area contributed by atoms with Crippen LogP contribution >= 0.6 is 0 Å². The number of carbonyl (C=O) groups is 1. The Kier molecular flexibility index (Phi) is 9.90. The van der Waals surface area contributed by atoms with Gasteiger partial charge in [-0.25, -0.2) is 8.42 Å². The fraction of sp³-hybridized carbons (Fsp3) is 0.841. The number of aliphatic carboxylic acids is 1. The maximum Gasteiger partial charge on any atom is 0.405 e. The van der Waals surface area contributed by atoms with Crippen LogP contribution < -0.4 is 5.32 Å². The molecule has 0 amide bonds. The SMILES string of the molecule is C=C(C)[C@@H]1CC[C@]2(NC(CN3CCS(=O)(=O)CC3)C(F)(F)F)CC[C@]3(C)[C@H](CC[C@@H]4[C@@]5(C)CC=C(C6=CC[C@](C)(C(=O)O)CC6)C(C)(C)[C@@H]5CC[C@]43C)[C@@H]12. The zero-order valence-corrected chi connectivity index (χ0v) is 34.8. The molecule has 0 aromatic carbocycles. The van der Waals surface area contributed by atoms with E-state index in [1.807, 2.05) is 6.92 Å². The third kappa shape index (κ3) is 6.23. The molecule has 0 bridgehead atoms. The number of carboxylic acid groups (broad SMARTS) is 1. The summed E-state index contributed by atoms with van der Waals surface area (Å²) in [5, 5.41) is 13.2. The quantitative estimate of drug-likeness (QED) is 0.251. The van der Waals surface area contributed by atoms with Crippen LogP contribution in [0.25, 0.3) is 0 Å². The van der Waals surface area contributed by atoms with Gasteiger partial charge in [-0.3, -0.25) is 15.0 Å². The molecule has 304 valence electrons. The molecule has 0 aromatic heterocycles. The normalized spacial score (nSPS) is 45.1. The van der Waals surface area contributed by atoms with E-state index < -0.39 is 39.0 Å². The number of fused-ring (bicyclic) bond motifs is 7. The fourth-order valence-corrected chi connectivity index (χ4v) is 16.0. The van der Waals surface area contributed by atoms with E-state index in [9.17, 15) is 18.3 Å². The smallest absolute Gasteiger partial charge is 0.405 e. The highest BCUT2D eigenvalue weighted by molar-refractivity contribution is 7.91. The van der Waals surface area contributed by atoms with E-state index in [4.69, 9.17) is 0 Å². The monoisotopic (exact) mass is 776 g/mol. The zero-order valence-electron chi connectivity index (χ0n) is 34.0. The topological polar surface area (TPSA) is 86.7 Å². The average Bonchev–Trinajstić information content (AvgIpc) is 3.45. The minimum Gasteiger partial charge on any atom is -0.481 e. The Bertz CT molecular complexity index is 1710. The Balaban J connectivity index is 1.18. The first-order valence-corrected chi connectivity index (χ1v) is 22.8. The first-order valence-electron chi connectivity index (χ1n) is 21.0. The second kappa shape index (κ2) is 13.2. The summed E-state index contributed by atoms with van der Waals surface area (Å²) >= 11 is 0. The predicted molar refractivity (Wildman–Crippen MR) is 208 cm³/mol. The van der Waals surface area contributed by atoms with Crippen molar-refractivity contribution in [3.05, 3.63) is 35.5 Å². The van der Waals surface area contributed by atoms with Gasteiger partial charge in [0.25, 0.3) is 0 Å². The molecule has 1 unspecified atom stereocenters. The van der Waals surface area contributed by atoms with Crippen molar-refractivity contribution in [3.8, 4) is 0 Å². The number of halogens is 3. The number of nitrogens with one attached hydrogen (secondary N) is 1. The van der Waals surface area contributed by atoms with E-state index in [0.29, 0.717) is 31.1 Å². The number of allylic oxidation sites excluding steroid dienone is 5. The van der Waals surface area contributed by atoms with E-state index in [0.717, 1.165) is 63.4 Å². The second-order valence-corrected chi connectivity index (χ2v) is 23.2. The molecule has 7 rings (SSSR count). The number of carboxylic acids is 1. The summed E-state index contributed by atoms with van der Waals surface area (Å²) in [6, 6.07) is -1.71. The van der Waals surface area contributed by atoms with Crippen molar-refractivity contribution in [2.75, 3.05) is 31.1 Å². The molecule has 0 aromatic rings. The molecular formula is C44H67F3N2O4S. The van der Waals surface area contributed by atoms with Gasteiger partial charge in [-0.15, -0.1) is 0 Å². The Morgan fingerprint density at radius 3 is 2.20 bits per heavy atom. The van der Waals surface area contributed by atoms with Crippen molar-refractivity contribution in [3.63, 3.8) is 0 Å². The molecule has 54 heavy (non-hydrogen) atoms. The van der Waals surface area contributed by atoms with Crippen LogP contribution in [0.3, 0.4) is 0 Å². The lowest BCUT2D eigenvalue weighted by molar-refractivity contribution is -0.225. The largest absolute Gasteiger partial charge is 0.481 e. The van der Waals surface area contributed by atoms with Crippen LogP contribution in [0.15, 0.2) is 35.5 Å². The van der Waals surface area contributed by atoms with Crippen molar-refractivity contribution < 1.29 is 31.5 Å². The second-order valence-electron chi connectivity index (χ2n) is 20.9. The Morgan fingerprint density at radius 1 is 0.926 bits per heavy atom. The Hall–Kier alpha value is -1.65. The summed E-state index contributed by atoms with van der Waals surface area (Å²) in [6.45, 7) is 21.0. The lowest BCUT2D eigenvalue weighted by Crippen LogP contribution is -2.70. The minimum absolute atomic E-state index is 0.0198. The maximum atomic E-state index is 15.0. The number of nitrogens with zero attached hydrogens (tertiary/aromatic N) is 1. The van der Waals surface area contributed by atoms with E-state index in [2.05, 4.69) is 65.6 Å². The molecule has 6 aliphatic carbocycles. The van der Waals surface area contributed by atoms with Gasteiger partial charge in [0.15, 0.2) is 9.84 Å². The standard InChI is InChI=1S/C44H67F3N2O4S/c1-28(2)30-13-20-43(48-35(44(45,46)47)27-49-23-25-54(52,53)26-24-49)22-21-41(7)32(36(30)43)9-10-34-40(6)18-14-31(29-11-16-39(5,17-12-29)37(50)51)38(3,4)33(40)15-19-42(34,41)8/h11,14,30,32-36,48H,1,9-10,12-13,15-27H2,2-8H3,(H,50,51)/t30-,32+,33-,34+,35?,36+,39-,40-,41+,42+,43-/m0/s1. The highest BCUT2D eigenvalue weighted by Gasteiger charge is 2.71. The molecule has 1 aliphatic heterocycles.